The number of rotatable bonds is 4. The van der Waals surface area contributed by atoms with Crippen LogP contribution in [0.1, 0.15) is 10.4 Å². The van der Waals surface area contributed by atoms with Crippen molar-refractivity contribution in [2.75, 3.05) is 0 Å². The minimum Gasteiger partial charge on any atom is -0.311 e. The molecule has 2 rings (SSSR count). The molecule has 8 heteroatoms. The number of carbonyl (C=O) groups is 1. The Kier molecular flexibility index (Phi) is 3.38. The number of aryl methyl sites for hydroxylation is 1. The fourth-order valence-corrected chi connectivity index (χ4v) is 2.14. The molecule has 0 bridgehead atoms. The Hall–Kier alpha value is -2.22. The van der Waals surface area contributed by atoms with Gasteiger partial charge in [-0.2, -0.15) is 0 Å². The fourth-order valence-electron chi connectivity index (χ4n) is 1.33. The van der Waals surface area contributed by atoms with Gasteiger partial charge >= 0.3 is 0 Å². The molecule has 92 valence electrons. The Bertz CT molecular complexity index is 611. The lowest BCUT2D eigenvalue weighted by atomic mass is 10.2. The molecule has 0 aliphatic rings. The van der Waals surface area contributed by atoms with E-state index < -0.39 is 4.92 Å². The van der Waals surface area contributed by atoms with E-state index in [9.17, 15) is 14.9 Å². The van der Waals surface area contributed by atoms with E-state index in [1.54, 1.807) is 24.0 Å². The average molecular weight is 264 g/mol. The lowest BCUT2D eigenvalue weighted by molar-refractivity contribution is -0.385. The zero-order valence-electron chi connectivity index (χ0n) is 9.31. The SMILES string of the molecule is Cn1cnnc1Sc1ccc([N+](=O)[O-])c(C=O)c1. The van der Waals surface area contributed by atoms with Crippen molar-refractivity contribution in [2.24, 2.45) is 7.05 Å². The van der Waals surface area contributed by atoms with Gasteiger partial charge in [0, 0.05) is 18.0 Å². The quantitative estimate of drug-likeness (QED) is 0.474. The lowest BCUT2D eigenvalue weighted by Crippen LogP contribution is -1.95. The molecule has 0 aliphatic heterocycles. The lowest BCUT2D eigenvalue weighted by Gasteiger charge is -2.02. The molecule has 1 aromatic carbocycles. The molecule has 2 aromatic rings. The van der Waals surface area contributed by atoms with E-state index in [2.05, 4.69) is 10.2 Å². The maximum Gasteiger partial charge on any atom is 0.279 e. The number of benzene rings is 1. The zero-order chi connectivity index (χ0) is 13.1. The van der Waals surface area contributed by atoms with Crippen LogP contribution in [0.2, 0.25) is 0 Å². The summed E-state index contributed by atoms with van der Waals surface area (Å²) in [5.74, 6) is 0. The number of nitrogens with zero attached hydrogens (tertiary/aromatic N) is 4. The van der Waals surface area contributed by atoms with Crippen molar-refractivity contribution >= 4 is 23.7 Å². The maximum absolute atomic E-state index is 10.8. The number of hydrogen-bond acceptors (Lipinski definition) is 6. The van der Waals surface area contributed by atoms with Crippen LogP contribution in [0.5, 0.6) is 0 Å². The molecule has 0 unspecified atom stereocenters. The Morgan fingerprint density at radius 1 is 1.50 bits per heavy atom. The van der Waals surface area contributed by atoms with Crippen LogP contribution < -0.4 is 0 Å². The maximum atomic E-state index is 10.8. The van der Waals surface area contributed by atoms with Gasteiger partial charge in [-0.3, -0.25) is 14.9 Å². The van der Waals surface area contributed by atoms with Crippen molar-refractivity contribution in [3.63, 3.8) is 0 Å². The molecule has 7 nitrogen and oxygen atoms in total. The van der Waals surface area contributed by atoms with E-state index >= 15 is 0 Å². The number of aromatic nitrogens is 3. The van der Waals surface area contributed by atoms with Crippen LogP contribution in [-0.4, -0.2) is 26.0 Å². The third kappa shape index (κ3) is 2.38. The van der Waals surface area contributed by atoms with E-state index in [1.165, 1.54) is 23.9 Å². The summed E-state index contributed by atoms with van der Waals surface area (Å²) in [5.41, 5.74) is -0.153. The molecular formula is C10H8N4O3S. The van der Waals surface area contributed by atoms with Crippen LogP contribution in [0.4, 0.5) is 5.69 Å². The average Bonchev–Trinajstić information content (AvgIpc) is 2.74. The molecule has 18 heavy (non-hydrogen) atoms. The normalized spacial score (nSPS) is 10.3. The Morgan fingerprint density at radius 2 is 2.28 bits per heavy atom. The molecule has 0 amide bonds. The van der Waals surface area contributed by atoms with Crippen LogP contribution in [0.15, 0.2) is 34.6 Å². The highest BCUT2D eigenvalue weighted by Gasteiger charge is 2.14. The second-order valence-corrected chi connectivity index (χ2v) is 4.46. The number of carbonyl (C=O) groups excluding carboxylic acids is 1. The molecule has 1 heterocycles. The number of nitro groups is 1. The highest BCUT2D eigenvalue weighted by molar-refractivity contribution is 7.99. The third-order valence-electron chi connectivity index (χ3n) is 2.20. The number of aldehydes is 1. The second-order valence-electron chi connectivity index (χ2n) is 3.42. The summed E-state index contributed by atoms with van der Waals surface area (Å²) in [6.45, 7) is 0. The number of nitro benzene ring substituents is 1. The number of hydrogen-bond donors (Lipinski definition) is 0. The van der Waals surface area contributed by atoms with Gasteiger partial charge < -0.3 is 4.57 Å². The zero-order valence-corrected chi connectivity index (χ0v) is 10.1. The smallest absolute Gasteiger partial charge is 0.279 e. The van der Waals surface area contributed by atoms with Gasteiger partial charge in [-0.05, 0) is 23.9 Å². The standard InChI is InChI=1S/C10H8N4O3S/c1-13-6-11-12-10(13)18-8-2-3-9(14(16)17)7(4-8)5-15/h2-6H,1H3. The van der Waals surface area contributed by atoms with Gasteiger partial charge in [-0.25, -0.2) is 0 Å². The minimum absolute atomic E-state index is 0.0483. The fraction of sp³-hybridized carbons (Fsp3) is 0.100. The van der Waals surface area contributed by atoms with Gasteiger partial charge in [-0.1, -0.05) is 0 Å². The summed E-state index contributed by atoms with van der Waals surface area (Å²) in [6.07, 6.45) is 2.02. The molecule has 0 saturated heterocycles. The molecule has 1 aromatic heterocycles. The molecule has 0 aliphatic carbocycles. The van der Waals surface area contributed by atoms with E-state index in [1.807, 2.05) is 0 Å². The Labute approximate surface area is 106 Å². The summed E-state index contributed by atoms with van der Waals surface area (Å²) >= 11 is 1.28. The largest absolute Gasteiger partial charge is 0.311 e. The van der Waals surface area contributed by atoms with Gasteiger partial charge in [0.1, 0.15) is 6.33 Å². The highest BCUT2D eigenvalue weighted by atomic mass is 32.2. The van der Waals surface area contributed by atoms with Gasteiger partial charge in [0.15, 0.2) is 11.4 Å². The van der Waals surface area contributed by atoms with Crippen LogP contribution in [0.25, 0.3) is 0 Å². The van der Waals surface area contributed by atoms with Crippen LogP contribution in [-0.2, 0) is 7.05 Å². The predicted octanol–water partition coefficient (Wildman–Crippen LogP) is 1.69. The molecule has 0 atom stereocenters. The summed E-state index contributed by atoms with van der Waals surface area (Å²) < 4.78 is 1.71. The summed E-state index contributed by atoms with van der Waals surface area (Å²) in [7, 11) is 1.79. The van der Waals surface area contributed by atoms with Gasteiger partial charge in [0.05, 0.1) is 10.5 Å². The van der Waals surface area contributed by atoms with Gasteiger partial charge in [0.25, 0.3) is 5.69 Å². The first kappa shape index (κ1) is 12.2. The van der Waals surface area contributed by atoms with Gasteiger partial charge in [-0.15, -0.1) is 10.2 Å². The first-order valence-electron chi connectivity index (χ1n) is 4.87. The second kappa shape index (κ2) is 4.96. The van der Waals surface area contributed by atoms with Crippen molar-refractivity contribution in [3.05, 3.63) is 40.2 Å². The molecular weight excluding hydrogens is 256 g/mol. The highest BCUT2D eigenvalue weighted by Crippen LogP contribution is 2.29. The van der Waals surface area contributed by atoms with Crippen LogP contribution in [0, 0.1) is 10.1 Å². The van der Waals surface area contributed by atoms with Crippen molar-refractivity contribution in [1.82, 2.24) is 14.8 Å². The Morgan fingerprint density at radius 3 is 2.83 bits per heavy atom. The molecule has 0 radical (unpaired) electrons. The topological polar surface area (TPSA) is 90.9 Å². The summed E-state index contributed by atoms with van der Waals surface area (Å²) in [4.78, 5) is 21.6. The minimum atomic E-state index is -0.583. The van der Waals surface area contributed by atoms with E-state index in [-0.39, 0.29) is 11.3 Å². The summed E-state index contributed by atoms with van der Waals surface area (Å²) in [6, 6.07) is 4.34. The van der Waals surface area contributed by atoms with Crippen molar-refractivity contribution in [1.29, 1.82) is 0 Å². The monoisotopic (exact) mass is 264 g/mol. The predicted molar refractivity (Wildman–Crippen MR) is 63.6 cm³/mol. The van der Waals surface area contributed by atoms with Crippen LogP contribution in [0.3, 0.4) is 0 Å². The molecule has 0 spiro atoms. The summed E-state index contributed by atoms with van der Waals surface area (Å²) in [5, 5.41) is 18.9. The van der Waals surface area contributed by atoms with E-state index in [0.717, 1.165) is 0 Å². The van der Waals surface area contributed by atoms with Crippen molar-refractivity contribution in [3.8, 4) is 0 Å². The first-order valence-corrected chi connectivity index (χ1v) is 5.69. The Balaban J connectivity index is 2.33. The van der Waals surface area contributed by atoms with Crippen molar-refractivity contribution < 1.29 is 9.72 Å². The third-order valence-corrected chi connectivity index (χ3v) is 3.24. The van der Waals surface area contributed by atoms with Gasteiger partial charge in [0.2, 0.25) is 0 Å². The van der Waals surface area contributed by atoms with E-state index in [0.29, 0.717) is 16.3 Å². The molecule has 0 fully saturated rings. The first-order chi connectivity index (χ1) is 8.61. The van der Waals surface area contributed by atoms with Crippen molar-refractivity contribution in [2.45, 2.75) is 10.1 Å². The molecule has 0 N–H and O–H groups in total. The molecule has 0 saturated carbocycles. The van der Waals surface area contributed by atoms with Crippen LogP contribution >= 0.6 is 11.8 Å². The van der Waals surface area contributed by atoms with E-state index in [4.69, 9.17) is 0 Å².